The zero-order valence-corrected chi connectivity index (χ0v) is 16.7. The van der Waals surface area contributed by atoms with E-state index in [0.717, 1.165) is 12.2 Å². The number of carbonyl (C=O) groups is 1. The molecule has 0 radical (unpaired) electrons. The molecule has 1 aliphatic heterocycles. The van der Waals surface area contributed by atoms with E-state index in [9.17, 15) is 9.90 Å². The van der Waals surface area contributed by atoms with Crippen molar-refractivity contribution in [3.63, 3.8) is 0 Å². The highest BCUT2D eigenvalue weighted by Gasteiger charge is 2.20. The van der Waals surface area contributed by atoms with Gasteiger partial charge in [-0.05, 0) is 52.0 Å². The number of amides is 1. The predicted octanol–water partition coefficient (Wildman–Crippen LogP) is 3.92. The molecule has 1 atom stereocenters. The summed E-state index contributed by atoms with van der Waals surface area (Å²) < 4.78 is 5.25. The topological polar surface area (TPSA) is 61.8 Å². The molecule has 142 valence electrons. The second-order valence-electron chi connectivity index (χ2n) is 7.40. The van der Waals surface area contributed by atoms with Crippen LogP contribution in [0.2, 0.25) is 5.02 Å². The van der Waals surface area contributed by atoms with E-state index >= 15 is 0 Å². The van der Waals surface area contributed by atoms with Gasteiger partial charge in [-0.3, -0.25) is 4.79 Å². The number of allylic oxidation sites excluding steroid dienone is 1. The zero-order valence-electron chi connectivity index (χ0n) is 16.0. The number of phenols is 1. The molecule has 0 aromatic heterocycles. The Labute approximate surface area is 160 Å². The number of ether oxygens (including phenoxy) is 1. The number of nitrogens with zero attached hydrogens (tertiary/aromatic N) is 1. The lowest BCUT2D eigenvalue weighted by Crippen LogP contribution is -2.39. The van der Waals surface area contributed by atoms with E-state index in [-0.39, 0.29) is 29.7 Å². The number of methoxy groups -OCH3 is 1. The number of nitrogens with one attached hydrogen (secondary N) is 1. The molecular weight excluding hydrogens is 352 g/mol. The fourth-order valence-electron chi connectivity index (χ4n) is 2.71. The van der Waals surface area contributed by atoms with Gasteiger partial charge in [-0.2, -0.15) is 0 Å². The Kier molecular flexibility index (Phi) is 6.37. The maximum Gasteiger partial charge on any atom is 0.228 e. The Morgan fingerprint density at radius 2 is 2.12 bits per heavy atom. The van der Waals surface area contributed by atoms with E-state index in [4.69, 9.17) is 16.3 Å². The van der Waals surface area contributed by atoms with E-state index in [1.54, 1.807) is 19.2 Å². The van der Waals surface area contributed by atoms with Gasteiger partial charge >= 0.3 is 0 Å². The van der Waals surface area contributed by atoms with Crippen LogP contribution < -0.4 is 5.32 Å². The summed E-state index contributed by atoms with van der Waals surface area (Å²) in [7, 11) is 1.56. The first-order chi connectivity index (χ1) is 12.1. The maximum atomic E-state index is 12.4. The van der Waals surface area contributed by atoms with Gasteiger partial charge in [0.25, 0.3) is 0 Å². The van der Waals surface area contributed by atoms with Crippen LogP contribution in [-0.4, -0.2) is 35.1 Å². The molecule has 2 rings (SSSR count). The quantitative estimate of drug-likeness (QED) is 0.815. The van der Waals surface area contributed by atoms with Gasteiger partial charge in [0.2, 0.25) is 5.91 Å². The van der Waals surface area contributed by atoms with Gasteiger partial charge in [0.05, 0.1) is 12.5 Å². The number of benzene rings is 1. The number of phenolic OH excluding ortho intramolecular Hbond substituents is 1. The normalized spacial score (nSPS) is 15.6. The summed E-state index contributed by atoms with van der Waals surface area (Å²) in [6.07, 6.45) is 5.54. The molecule has 0 saturated heterocycles. The Balaban J connectivity index is 2.06. The van der Waals surface area contributed by atoms with Gasteiger partial charge in [0.15, 0.2) is 0 Å². The summed E-state index contributed by atoms with van der Waals surface area (Å²) in [5, 5.41) is 13.8. The third kappa shape index (κ3) is 5.02. The molecule has 1 heterocycles. The van der Waals surface area contributed by atoms with Crippen LogP contribution in [0.5, 0.6) is 5.75 Å². The van der Waals surface area contributed by atoms with Gasteiger partial charge in [0, 0.05) is 47.2 Å². The number of carbonyl (C=O) groups excluding carboxylic acids is 1. The summed E-state index contributed by atoms with van der Waals surface area (Å²) in [4.78, 5) is 14.6. The molecule has 26 heavy (non-hydrogen) atoms. The van der Waals surface area contributed by atoms with Gasteiger partial charge in [-0.25, -0.2) is 0 Å². The molecule has 1 aromatic carbocycles. The SMILES string of the molecule is COC(C)c1cc(Cl)cc(CC(=O)NC2=CCN(C(C)(C)C)C=C2)c1O. The van der Waals surface area contributed by atoms with Crippen molar-refractivity contribution in [3.8, 4) is 5.75 Å². The second kappa shape index (κ2) is 8.14. The van der Waals surface area contributed by atoms with Crippen molar-refractivity contribution >= 4 is 17.5 Å². The summed E-state index contributed by atoms with van der Waals surface area (Å²) in [5.74, 6) is -0.162. The molecular formula is C20H27ClN2O3. The van der Waals surface area contributed by atoms with Crippen LogP contribution in [0.15, 0.2) is 36.2 Å². The van der Waals surface area contributed by atoms with Crippen molar-refractivity contribution in [3.05, 3.63) is 52.3 Å². The van der Waals surface area contributed by atoms with Gasteiger partial charge in [-0.1, -0.05) is 11.6 Å². The van der Waals surface area contributed by atoms with Gasteiger partial charge in [-0.15, -0.1) is 0 Å². The minimum Gasteiger partial charge on any atom is -0.507 e. The number of aromatic hydroxyl groups is 1. The third-order valence-electron chi connectivity index (χ3n) is 4.41. The van der Waals surface area contributed by atoms with Crippen molar-refractivity contribution in [2.75, 3.05) is 13.7 Å². The van der Waals surface area contributed by atoms with Crippen LogP contribution in [-0.2, 0) is 16.0 Å². The molecule has 0 fully saturated rings. The highest BCUT2D eigenvalue weighted by atomic mass is 35.5. The highest BCUT2D eigenvalue weighted by Crippen LogP contribution is 2.33. The Bertz CT molecular complexity index is 735. The molecule has 1 aromatic rings. The lowest BCUT2D eigenvalue weighted by atomic mass is 10.0. The van der Waals surface area contributed by atoms with Crippen LogP contribution in [0.1, 0.15) is 44.9 Å². The summed E-state index contributed by atoms with van der Waals surface area (Å²) in [5.41, 5.74) is 1.83. The van der Waals surface area contributed by atoms with Crippen molar-refractivity contribution in [1.29, 1.82) is 0 Å². The zero-order chi connectivity index (χ0) is 19.5. The van der Waals surface area contributed by atoms with Crippen molar-refractivity contribution in [2.45, 2.75) is 45.8 Å². The molecule has 1 amide bonds. The molecule has 1 aliphatic rings. The van der Waals surface area contributed by atoms with Crippen molar-refractivity contribution < 1.29 is 14.6 Å². The summed E-state index contributed by atoms with van der Waals surface area (Å²) in [6, 6.07) is 3.26. The Morgan fingerprint density at radius 1 is 1.42 bits per heavy atom. The standard InChI is InChI=1S/C20H27ClN2O3/c1-13(26-5)17-12-15(21)10-14(19(17)25)11-18(24)22-16-6-8-23(9-7-16)20(2,3)4/h6-8,10,12-13,25H,9,11H2,1-5H3,(H,22,24). The average Bonchev–Trinajstić information content (AvgIpc) is 2.56. The van der Waals surface area contributed by atoms with Crippen LogP contribution in [0.3, 0.4) is 0 Å². The van der Waals surface area contributed by atoms with E-state index in [1.165, 1.54) is 0 Å². The molecule has 0 saturated carbocycles. The third-order valence-corrected chi connectivity index (χ3v) is 4.63. The number of rotatable bonds is 5. The van der Waals surface area contributed by atoms with Crippen LogP contribution in [0.25, 0.3) is 0 Å². The minimum absolute atomic E-state index is 0.0313. The summed E-state index contributed by atoms with van der Waals surface area (Å²) >= 11 is 6.13. The molecule has 0 bridgehead atoms. The van der Waals surface area contributed by atoms with Crippen molar-refractivity contribution in [2.24, 2.45) is 0 Å². The van der Waals surface area contributed by atoms with E-state index in [0.29, 0.717) is 16.1 Å². The number of hydrogen-bond donors (Lipinski definition) is 2. The van der Waals surface area contributed by atoms with E-state index in [2.05, 4.69) is 31.0 Å². The first kappa shape index (κ1) is 20.3. The second-order valence-corrected chi connectivity index (χ2v) is 7.84. The molecule has 5 nitrogen and oxygen atoms in total. The lowest BCUT2D eigenvalue weighted by Gasteiger charge is -2.35. The smallest absolute Gasteiger partial charge is 0.228 e. The van der Waals surface area contributed by atoms with Crippen LogP contribution in [0, 0.1) is 0 Å². The minimum atomic E-state index is -0.317. The fraction of sp³-hybridized carbons (Fsp3) is 0.450. The number of hydrogen-bond acceptors (Lipinski definition) is 4. The first-order valence-electron chi connectivity index (χ1n) is 8.61. The molecule has 6 heteroatoms. The average molecular weight is 379 g/mol. The molecule has 1 unspecified atom stereocenters. The highest BCUT2D eigenvalue weighted by molar-refractivity contribution is 6.30. The Morgan fingerprint density at radius 3 is 2.65 bits per heavy atom. The lowest BCUT2D eigenvalue weighted by molar-refractivity contribution is -0.119. The van der Waals surface area contributed by atoms with Gasteiger partial charge < -0.3 is 20.1 Å². The summed E-state index contributed by atoms with van der Waals surface area (Å²) in [6.45, 7) is 8.95. The first-order valence-corrected chi connectivity index (χ1v) is 8.98. The van der Waals surface area contributed by atoms with Crippen LogP contribution in [0.4, 0.5) is 0 Å². The fourth-order valence-corrected chi connectivity index (χ4v) is 2.96. The maximum absolute atomic E-state index is 12.4. The predicted molar refractivity (Wildman–Crippen MR) is 104 cm³/mol. The largest absolute Gasteiger partial charge is 0.507 e. The van der Waals surface area contributed by atoms with Crippen LogP contribution >= 0.6 is 11.6 Å². The van der Waals surface area contributed by atoms with E-state index < -0.39 is 0 Å². The molecule has 2 N–H and O–H groups in total. The molecule has 0 aliphatic carbocycles. The Hall–Kier alpha value is -1.98. The number of halogens is 1. The van der Waals surface area contributed by atoms with Gasteiger partial charge in [0.1, 0.15) is 5.75 Å². The van der Waals surface area contributed by atoms with E-state index in [1.807, 2.05) is 25.3 Å². The monoisotopic (exact) mass is 378 g/mol. The van der Waals surface area contributed by atoms with Crippen molar-refractivity contribution in [1.82, 2.24) is 10.2 Å². The molecule has 0 spiro atoms.